The lowest BCUT2D eigenvalue weighted by molar-refractivity contribution is -0.128. The minimum Gasteiger partial charge on any atom is -0.733 e. The van der Waals surface area contributed by atoms with Crippen molar-refractivity contribution in [3.8, 4) is 0 Å². The third-order valence-electron chi connectivity index (χ3n) is 7.20. The molecule has 32 heavy (non-hydrogen) atoms. The molecule has 2 amide bonds. The second-order valence-electron chi connectivity index (χ2n) is 8.42. The molecule has 3 aliphatic carbocycles. The maximum atomic E-state index is 13.8. The van der Waals surface area contributed by atoms with E-state index in [0.29, 0.717) is 0 Å². The van der Waals surface area contributed by atoms with Crippen molar-refractivity contribution in [1.29, 1.82) is 0 Å². The fraction of sp³-hybridized carbons (Fsp3) is 0.160. The number of para-hydroxylation sites is 2. The minimum atomic E-state index is -1.31. The summed E-state index contributed by atoms with van der Waals surface area (Å²) in [5, 5.41) is 20.9. The summed E-state index contributed by atoms with van der Waals surface area (Å²) in [6.45, 7) is 0. The van der Waals surface area contributed by atoms with Gasteiger partial charge in [-0.3, -0.25) is 14.8 Å². The van der Waals surface area contributed by atoms with E-state index in [9.17, 15) is 24.8 Å². The fourth-order valence-electron chi connectivity index (χ4n) is 6.08. The number of hydrogen-bond acceptors (Lipinski definition) is 6. The molecule has 1 heterocycles. The van der Waals surface area contributed by atoms with Crippen LogP contribution in [-0.4, -0.2) is 23.3 Å². The van der Waals surface area contributed by atoms with Crippen molar-refractivity contribution in [3.05, 3.63) is 100 Å². The quantitative estimate of drug-likeness (QED) is 0.393. The van der Waals surface area contributed by atoms with E-state index in [1.54, 1.807) is 6.07 Å². The molecule has 7 nitrogen and oxygen atoms in total. The molecule has 2 bridgehead atoms. The largest absolute Gasteiger partial charge is 0.733 e. The van der Waals surface area contributed by atoms with Gasteiger partial charge in [0.05, 0.1) is 28.6 Å². The van der Waals surface area contributed by atoms with Gasteiger partial charge in [-0.05, 0) is 34.4 Å². The summed E-state index contributed by atoms with van der Waals surface area (Å²) in [6, 6.07) is 20.8. The minimum absolute atomic E-state index is 0.00274. The first-order valence-electron chi connectivity index (χ1n) is 10.3. The van der Waals surface area contributed by atoms with E-state index in [0.717, 1.165) is 33.4 Å². The van der Waals surface area contributed by atoms with Crippen LogP contribution in [0.5, 0.6) is 0 Å². The monoisotopic (exact) mass is 425 g/mol. The van der Waals surface area contributed by atoms with Crippen LogP contribution in [0.3, 0.4) is 0 Å². The van der Waals surface area contributed by atoms with Crippen molar-refractivity contribution in [2.24, 2.45) is 11.8 Å². The average Bonchev–Trinajstić information content (AvgIpc) is 3.09. The highest BCUT2D eigenvalue weighted by molar-refractivity contribution is 6.26. The van der Waals surface area contributed by atoms with Gasteiger partial charge in [-0.15, -0.1) is 0 Å². The van der Waals surface area contributed by atoms with E-state index >= 15 is 0 Å². The second kappa shape index (κ2) is 6.35. The molecule has 4 aliphatic rings. The SMILES string of the molecule is O=CC12c3ccccc3C(c3ccccc31)[C@@H]1C(=O)N(c3ccccc3N([O-])O)C(=O)[C@@H]12. The van der Waals surface area contributed by atoms with E-state index in [1.165, 1.54) is 18.2 Å². The average molecular weight is 425 g/mol. The van der Waals surface area contributed by atoms with E-state index in [1.807, 2.05) is 48.5 Å². The number of carbonyl (C=O) groups excluding carboxylic acids is 3. The molecule has 7 heteroatoms. The van der Waals surface area contributed by atoms with Crippen molar-refractivity contribution in [2.75, 3.05) is 10.1 Å². The first-order valence-corrected chi connectivity index (χ1v) is 10.3. The van der Waals surface area contributed by atoms with Crippen molar-refractivity contribution >= 4 is 29.5 Å². The summed E-state index contributed by atoms with van der Waals surface area (Å²) in [6.07, 6.45) is 0.796. The molecule has 1 N–H and O–H groups in total. The predicted molar refractivity (Wildman–Crippen MR) is 115 cm³/mol. The molecule has 0 unspecified atom stereocenters. The first-order chi connectivity index (χ1) is 15.5. The third kappa shape index (κ3) is 2.04. The Hall–Kier alpha value is -3.81. The van der Waals surface area contributed by atoms with Crippen LogP contribution >= 0.6 is 0 Å². The molecule has 1 fully saturated rings. The molecular formula is C25H17N2O5-. The first kappa shape index (κ1) is 18.9. The van der Waals surface area contributed by atoms with Gasteiger partial charge in [0, 0.05) is 5.92 Å². The summed E-state index contributed by atoms with van der Waals surface area (Å²) >= 11 is 0. The van der Waals surface area contributed by atoms with Crippen molar-refractivity contribution in [3.63, 3.8) is 0 Å². The molecular weight excluding hydrogens is 408 g/mol. The van der Waals surface area contributed by atoms with Crippen LogP contribution in [0.2, 0.25) is 0 Å². The van der Waals surface area contributed by atoms with Crippen molar-refractivity contribution < 1.29 is 19.6 Å². The molecule has 0 spiro atoms. The number of aldehydes is 1. The zero-order valence-corrected chi connectivity index (χ0v) is 16.7. The van der Waals surface area contributed by atoms with Gasteiger partial charge in [-0.25, -0.2) is 4.90 Å². The highest BCUT2D eigenvalue weighted by Crippen LogP contribution is 2.63. The summed E-state index contributed by atoms with van der Waals surface area (Å²) in [5.74, 6) is -3.14. The van der Waals surface area contributed by atoms with E-state index in [2.05, 4.69) is 0 Å². The Morgan fingerprint density at radius 2 is 1.44 bits per heavy atom. The molecule has 1 saturated heterocycles. The van der Waals surface area contributed by atoms with Gasteiger partial charge in [0.1, 0.15) is 6.29 Å². The summed E-state index contributed by atoms with van der Waals surface area (Å²) in [5.41, 5.74) is 1.69. The lowest BCUT2D eigenvalue weighted by atomic mass is 9.48. The number of rotatable bonds is 3. The van der Waals surface area contributed by atoms with Gasteiger partial charge in [0.2, 0.25) is 11.8 Å². The van der Waals surface area contributed by atoms with Gasteiger partial charge < -0.3 is 15.2 Å². The normalized spacial score (nSPS) is 27.1. The topological polar surface area (TPSA) is 101 Å². The van der Waals surface area contributed by atoms with Gasteiger partial charge in [-0.2, -0.15) is 0 Å². The Labute approximate surface area is 183 Å². The smallest absolute Gasteiger partial charge is 0.239 e. The summed E-state index contributed by atoms with van der Waals surface area (Å²) < 4.78 is 0. The Kier molecular flexibility index (Phi) is 3.75. The van der Waals surface area contributed by atoms with Crippen LogP contribution in [0.1, 0.15) is 28.2 Å². The predicted octanol–water partition coefficient (Wildman–Crippen LogP) is 3.13. The molecule has 0 radical (unpaired) electrons. The molecule has 0 aromatic heterocycles. The fourth-order valence-corrected chi connectivity index (χ4v) is 6.08. The molecule has 1 aliphatic heterocycles. The van der Waals surface area contributed by atoms with Gasteiger partial charge in [0.25, 0.3) is 0 Å². The lowest BCUT2D eigenvalue weighted by Crippen LogP contribution is -2.54. The van der Waals surface area contributed by atoms with Crippen LogP contribution in [0.25, 0.3) is 0 Å². The molecule has 2 atom stereocenters. The van der Waals surface area contributed by atoms with Gasteiger partial charge in [-0.1, -0.05) is 60.7 Å². The Balaban J connectivity index is 1.64. The molecule has 3 aromatic carbocycles. The Morgan fingerprint density at radius 1 is 0.875 bits per heavy atom. The maximum Gasteiger partial charge on any atom is 0.239 e. The molecule has 158 valence electrons. The Bertz CT molecular complexity index is 1270. The number of nitrogens with zero attached hydrogens (tertiary/aromatic N) is 2. The molecule has 7 rings (SSSR count). The van der Waals surface area contributed by atoms with Gasteiger partial charge in [0.15, 0.2) is 0 Å². The standard InChI is InChI=1S/C25H17N2O5/c28-13-25-16-9-3-1-7-14(16)20(15-8-2-4-10-17(15)25)21-22(25)24(30)26(23(21)29)18-11-5-6-12-19(18)27(31)32/h1-13,20-22,31H/q-1/t20?,21-,22+,25?/m0/s1. The van der Waals surface area contributed by atoms with Crippen LogP contribution in [-0.2, 0) is 19.8 Å². The number of imide groups is 1. The maximum absolute atomic E-state index is 13.8. The van der Waals surface area contributed by atoms with E-state index < -0.39 is 29.1 Å². The van der Waals surface area contributed by atoms with Crippen LogP contribution in [0, 0.1) is 17.0 Å². The number of carbonyl (C=O) groups is 3. The summed E-state index contributed by atoms with van der Waals surface area (Å²) in [7, 11) is 0. The van der Waals surface area contributed by atoms with E-state index in [-0.39, 0.29) is 22.5 Å². The molecule has 0 saturated carbocycles. The second-order valence-corrected chi connectivity index (χ2v) is 8.42. The summed E-state index contributed by atoms with van der Waals surface area (Å²) in [4.78, 5) is 41.5. The van der Waals surface area contributed by atoms with Crippen LogP contribution in [0.4, 0.5) is 11.4 Å². The highest BCUT2D eigenvalue weighted by atomic mass is 16.8. The van der Waals surface area contributed by atoms with Crippen LogP contribution in [0.15, 0.2) is 72.8 Å². The molecule has 3 aromatic rings. The van der Waals surface area contributed by atoms with Crippen molar-refractivity contribution in [1.82, 2.24) is 0 Å². The number of benzene rings is 3. The lowest BCUT2D eigenvalue weighted by Gasteiger charge is -2.51. The Morgan fingerprint density at radius 3 is 2.03 bits per heavy atom. The number of hydrogen-bond donors (Lipinski definition) is 1. The van der Waals surface area contributed by atoms with E-state index in [4.69, 9.17) is 0 Å². The van der Waals surface area contributed by atoms with Gasteiger partial charge >= 0.3 is 0 Å². The highest BCUT2D eigenvalue weighted by Gasteiger charge is 2.68. The van der Waals surface area contributed by atoms with Crippen LogP contribution < -0.4 is 10.1 Å². The number of amides is 2. The number of anilines is 2. The zero-order chi connectivity index (χ0) is 22.2. The zero-order valence-electron chi connectivity index (χ0n) is 16.7. The third-order valence-corrected chi connectivity index (χ3v) is 7.20. The van der Waals surface area contributed by atoms with Crippen molar-refractivity contribution in [2.45, 2.75) is 11.3 Å².